The molecule has 3 rings (SSSR count). The number of nitriles is 1. The molecule has 7 nitrogen and oxygen atoms in total. The lowest BCUT2D eigenvalue weighted by atomic mass is 9.95. The van der Waals surface area contributed by atoms with E-state index in [1.54, 1.807) is 0 Å². The molecule has 0 spiro atoms. The van der Waals surface area contributed by atoms with Gasteiger partial charge in [0.15, 0.2) is 5.11 Å². The highest BCUT2D eigenvalue weighted by atomic mass is 32.1. The number of hydrogen-bond donors (Lipinski definition) is 0. The minimum Gasteiger partial charge on any atom is -0.465 e. The molecule has 1 aliphatic rings. The lowest BCUT2D eigenvalue weighted by Crippen LogP contribution is -2.48. The number of anilines is 2. The molecule has 1 heterocycles. The highest BCUT2D eigenvalue weighted by Gasteiger charge is 2.53. The van der Waals surface area contributed by atoms with Crippen molar-refractivity contribution < 1.29 is 36.6 Å². The van der Waals surface area contributed by atoms with E-state index in [2.05, 4.69) is 4.74 Å². The third kappa shape index (κ3) is 4.56. The van der Waals surface area contributed by atoms with Gasteiger partial charge in [-0.25, -0.2) is 9.18 Å². The number of benzene rings is 2. The fraction of sp³-hybridized carbons (Fsp3) is 0.304. The molecule has 2 aromatic rings. The van der Waals surface area contributed by atoms with E-state index in [4.69, 9.17) is 22.2 Å². The van der Waals surface area contributed by atoms with Gasteiger partial charge in [0.2, 0.25) is 0 Å². The van der Waals surface area contributed by atoms with Crippen LogP contribution in [0.25, 0.3) is 0 Å². The van der Waals surface area contributed by atoms with Gasteiger partial charge in [-0.05, 0) is 55.5 Å². The summed E-state index contributed by atoms with van der Waals surface area (Å²) in [6.45, 7) is 1.58. The number of nitrogens with zero attached hydrogens (tertiary/aromatic N) is 3. The van der Waals surface area contributed by atoms with Crippen molar-refractivity contribution >= 4 is 40.6 Å². The van der Waals surface area contributed by atoms with Crippen molar-refractivity contribution in [1.82, 2.24) is 0 Å². The van der Waals surface area contributed by atoms with Crippen LogP contribution in [0.1, 0.15) is 34.8 Å². The second kappa shape index (κ2) is 9.59. The fourth-order valence-electron chi connectivity index (χ4n) is 3.80. The van der Waals surface area contributed by atoms with Gasteiger partial charge in [-0.15, -0.1) is 0 Å². The maximum atomic E-state index is 14.7. The lowest BCUT2D eigenvalue weighted by Gasteiger charge is -2.33. The summed E-state index contributed by atoms with van der Waals surface area (Å²) in [5.74, 6) is -2.51. The van der Waals surface area contributed by atoms with Crippen molar-refractivity contribution in [1.29, 1.82) is 5.26 Å². The number of carbonyl (C=O) groups is 2. The molecule has 1 amide bonds. The topological polar surface area (TPSA) is 82.9 Å². The van der Waals surface area contributed by atoms with Crippen molar-refractivity contribution in [2.24, 2.45) is 0 Å². The number of methoxy groups -OCH3 is 2. The Morgan fingerprint density at radius 3 is 2.37 bits per heavy atom. The number of carbonyl (C=O) groups excluding carboxylic acids is 2. The Balaban J connectivity index is 2.16. The number of alkyl halides is 3. The van der Waals surface area contributed by atoms with E-state index < -0.39 is 40.5 Å². The molecule has 2 aromatic carbocycles. The van der Waals surface area contributed by atoms with Crippen LogP contribution in [0.15, 0.2) is 36.4 Å². The first-order valence-electron chi connectivity index (χ1n) is 10.1. The second-order valence-corrected chi connectivity index (χ2v) is 8.14. The summed E-state index contributed by atoms with van der Waals surface area (Å²) in [4.78, 5) is 27.6. The third-order valence-corrected chi connectivity index (χ3v) is 6.00. The molecule has 0 aliphatic carbocycles. The highest BCUT2D eigenvalue weighted by molar-refractivity contribution is 7.81. The van der Waals surface area contributed by atoms with Crippen molar-refractivity contribution in [3.8, 4) is 6.07 Å². The SMILES string of the molecule is COCC[C@@]1(C)C(=O)N(c2ccc(C#N)c(C(F)(F)F)c2)C(=S)N1c1ccc(C(=O)OC)c(F)c1. The zero-order valence-electron chi connectivity index (χ0n) is 18.8. The zero-order chi connectivity index (χ0) is 26.1. The molecular formula is C23H19F4N3O4S. The summed E-state index contributed by atoms with van der Waals surface area (Å²) in [6.07, 6.45) is -4.79. The summed E-state index contributed by atoms with van der Waals surface area (Å²) in [6, 6.07) is 7.78. The Kier molecular flexibility index (Phi) is 7.14. The van der Waals surface area contributed by atoms with Crippen molar-refractivity contribution in [2.45, 2.75) is 25.1 Å². The molecular weight excluding hydrogens is 490 g/mol. The molecule has 0 saturated carbocycles. The first kappa shape index (κ1) is 26.1. The lowest BCUT2D eigenvalue weighted by molar-refractivity contribution is -0.137. The first-order chi connectivity index (χ1) is 16.4. The average Bonchev–Trinajstić information content (AvgIpc) is 3.01. The van der Waals surface area contributed by atoms with Gasteiger partial charge in [0, 0.05) is 25.8 Å². The van der Waals surface area contributed by atoms with Crippen LogP contribution in [-0.2, 0) is 20.4 Å². The number of hydrogen-bond acceptors (Lipinski definition) is 6. The minimum absolute atomic E-state index is 0.0573. The van der Waals surface area contributed by atoms with E-state index in [1.807, 2.05) is 0 Å². The maximum absolute atomic E-state index is 14.7. The second-order valence-electron chi connectivity index (χ2n) is 7.77. The van der Waals surface area contributed by atoms with Crippen LogP contribution < -0.4 is 9.80 Å². The molecule has 35 heavy (non-hydrogen) atoms. The number of thiocarbonyl (C=S) groups is 1. The molecule has 0 bridgehead atoms. The summed E-state index contributed by atoms with van der Waals surface area (Å²) in [5.41, 5.74) is -3.75. The molecule has 0 radical (unpaired) electrons. The molecule has 0 aromatic heterocycles. The predicted octanol–water partition coefficient (Wildman–Crippen LogP) is 4.44. The van der Waals surface area contributed by atoms with E-state index in [0.717, 1.165) is 30.2 Å². The molecule has 1 atom stereocenters. The smallest absolute Gasteiger partial charge is 0.417 e. The van der Waals surface area contributed by atoms with Crippen LogP contribution in [0.3, 0.4) is 0 Å². The molecule has 1 aliphatic heterocycles. The summed E-state index contributed by atoms with van der Waals surface area (Å²) < 4.78 is 65.0. The van der Waals surface area contributed by atoms with Crippen LogP contribution in [0.4, 0.5) is 28.9 Å². The zero-order valence-corrected chi connectivity index (χ0v) is 19.6. The minimum atomic E-state index is -4.85. The summed E-state index contributed by atoms with van der Waals surface area (Å²) >= 11 is 5.48. The molecule has 0 unspecified atom stereocenters. The molecule has 184 valence electrons. The maximum Gasteiger partial charge on any atom is 0.417 e. The molecule has 12 heteroatoms. The van der Waals surface area contributed by atoms with Gasteiger partial charge in [0.25, 0.3) is 5.91 Å². The van der Waals surface area contributed by atoms with Gasteiger partial charge in [-0.1, -0.05) is 0 Å². The molecule has 1 saturated heterocycles. The van der Waals surface area contributed by atoms with E-state index in [9.17, 15) is 27.2 Å². The number of halogens is 4. The Bertz CT molecular complexity index is 1240. The standard InChI is InChI=1S/C23H19F4N3O4S/c1-22(8-9-33-2)20(32)29(14-5-4-13(12-28)17(10-14)23(25,26)27)21(35)30(22)15-6-7-16(18(24)11-15)19(31)34-3/h4-7,10-11H,8-9H2,1-3H3/t22-/m0/s1. The normalized spacial score (nSPS) is 18.1. The number of rotatable bonds is 6. The van der Waals surface area contributed by atoms with Crippen molar-refractivity contribution in [2.75, 3.05) is 30.6 Å². The van der Waals surface area contributed by atoms with E-state index in [1.165, 1.54) is 37.1 Å². The Morgan fingerprint density at radius 1 is 1.17 bits per heavy atom. The highest BCUT2D eigenvalue weighted by Crippen LogP contribution is 2.41. The Labute approximate surface area is 203 Å². The van der Waals surface area contributed by atoms with Gasteiger partial charge in [0.05, 0.1) is 35.6 Å². The van der Waals surface area contributed by atoms with E-state index in [0.29, 0.717) is 6.07 Å². The van der Waals surface area contributed by atoms with Gasteiger partial charge in [0.1, 0.15) is 11.4 Å². The Morgan fingerprint density at radius 2 is 1.83 bits per heavy atom. The monoisotopic (exact) mass is 509 g/mol. The first-order valence-corrected chi connectivity index (χ1v) is 10.5. The number of amides is 1. The fourth-order valence-corrected chi connectivity index (χ4v) is 4.29. The van der Waals surface area contributed by atoms with Crippen LogP contribution in [0.5, 0.6) is 0 Å². The van der Waals surface area contributed by atoms with Gasteiger partial charge < -0.3 is 14.4 Å². The number of ether oxygens (including phenoxy) is 2. The van der Waals surface area contributed by atoms with E-state index >= 15 is 0 Å². The Hall–Kier alpha value is -3.56. The van der Waals surface area contributed by atoms with Gasteiger partial charge >= 0.3 is 12.1 Å². The summed E-state index contributed by atoms with van der Waals surface area (Å²) in [5, 5.41) is 8.86. The van der Waals surface area contributed by atoms with Gasteiger partial charge in [-0.2, -0.15) is 18.4 Å². The van der Waals surface area contributed by atoms with Crippen LogP contribution in [0, 0.1) is 17.1 Å². The van der Waals surface area contributed by atoms with Crippen molar-refractivity contribution in [3.05, 3.63) is 58.9 Å². The predicted molar refractivity (Wildman–Crippen MR) is 121 cm³/mol. The summed E-state index contributed by atoms with van der Waals surface area (Å²) in [7, 11) is 2.50. The molecule has 1 fully saturated rings. The average molecular weight is 509 g/mol. The third-order valence-electron chi connectivity index (χ3n) is 5.64. The van der Waals surface area contributed by atoms with Gasteiger partial charge in [-0.3, -0.25) is 9.69 Å². The van der Waals surface area contributed by atoms with Crippen LogP contribution >= 0.6 is 12.2 Å². The van der Waals surface area contributed by atoms with Crippen LogP contribution in [0.2, 0.25) is 0 Å². The van der Waals surface area contributed by atoms with E-state index in [-0.39, 0.29) is 35.1 Å². The quantitative estimate of drug-likeness (QED) is 0.324. The number of esters is 1. The van der Waals surface area contributed by atoms with Crippen LogP contribution in [-0.4, -0.2) is 43.4 Å². The largest absolute Gasteiger partial charge is 0.465 e. The van der Waals surface area contributed by atoms with Crippen molar-refractivity contribution in [3.63, 3.8) is 0 Å². The molecule has 0 N–H and O–H groups in total.